The molecule has 2 heterocycles. The number of amides is 3. The minimum Gasteiger partial charge on any atom is -0.490 e. The fourth-order valence-corrected chi connectivity index (χ4v) is 3.65. The molecule has 1 fully saturated rings. The SMILES string of the molecule is Cc1ccc(OC2CCN(C(=O)CN3C(=O)c4ccccc4C3=O)CC2)cc1. The summed E-state index contributed by atoms with van der Waals surface area (Å²) in [7, 11) is 0. The Morgan fingerprint density at radius 2 is 1.54 bits per heavy atom. The maximum atomic E-state index is 12.6. The van der Waals surface area contributed by atoms with E-state index in [0.717, 1.165) is 23.5 Å². The second-order valence-electron chi connectivity index (χ2n) is 7.25. The number of ether oxygens (including phenoxy) is 1. The van der Waals surface area contributed by atoms with E-state index in [4.69, 9.17) is 4.74 Å². The van der Waals surface area contributed by atoms with Gasteiger partial charge in [0.05, 0.1) is 11.1 Å². The molecule has 0 spiro atoms. The zero-order valence-electron chi connectivity index (χ0n) is 15.8. The van der Waals surface area contributed by atoms with Crippen molar-refractivity contribution in [3.05, 3.63) is 65.2 Å². The van der Waals surface area contributed by atoms with Crippen LogP contribution in [0.2, 0.25) is 0 Å². The number of carbonyl (C=O) groups excluding carboxylic acids is 3. The molecule has 1 saturated heterocycles. The fourth-order valence-electron chi connectivity index (χ4n) is 3.65. The van der Waals surface area contributed by atoms with Gasteiger partial charge in [-0.15, -0.1) is 0 Å². The van der Waals surface area contributed by atoms with Crippen LogP contribution in [0.4, 0.5) is 0 Å². The number of rotatable bonds is 4. The molecule has 2 aromatic carbocycles. The molecule has 6 heteroatoms. The Balaban J connectivity index is 1.32. The van der Waals surface area contributed by atoms with E-state index >= 15 is 0 Å². The highest BCUT2D eigenvalue weighted by Crippen LogP contribution is 2.23. The summed E-state index contributed by atoms with van der Waals surface area (Å²) < 4.78 is 5.99. The molecule has 6 nitrogen and oxygen atoms in total. The number of likely N-dealkylation sites (tertiary alicyclic amines) is 1. The third-order valence-electron chi connectivity index (χ3n) is 5.29. The number of aryl methyl sites for hydroxylation is 1. The average molecular weight is 378 g/mol. The molecule has 0 aromatic heterocycles. The van der Waals surface area contributed by atoms with Gasteiger partial charge in [-0.2, -0.15) is 0 Å². The lowest BCUT2D eigenvalue weighted by Gasteiger charge is -2.33. The summed E-state index contributed by atoms with van der Waals surface area (Å²) in [6, 6.07) is 14.6. The fraction of sp³-hybridized carbons (Fsp3) is 0.318. The largest absolute Gasteiger partial charge is 0.490 e. The molecule has 0 unspecified atom stereocenters. The van der Waals surface area contributed by atoms with Crippen molar-refractivity contribution in [3.63, 3.8) is 0 Å². The average Bonchev–Trinajstić information content (AvgIpc) is 2.95. The molecule has 3 amide bonds. The summed E-state index contributed by atoms with van der Waals surface area (Å²) >= 11 is 0. The van der Waals surface area contributed by atoms with Crippen LogP contribution in [0.15, 0.2) is 48.5 Å². The Labute approximate surface area is 163 Å². The molecule has 0 aliphatic carbocycles. The number of imide groups is 1. The normalized spacial score (nSPS) is 17.0. The Morgan fingerprint density at radius 3 is 2.11 bits per heavy atom. The van der Waals surface area contributed by atoms with Crippen LogP contribution in [-0.2, 0) is 4.79 Å². The van der Waals surface area contributed by atoms with Crippen LogP contribution in [0, 0.1) is 6.92 Å². The van der Waals surface area contributed by atoms with Crippen LogP contribution >= 0.6 is 0 Å². The number of benzene rings is 2. The van der Waals surface area contributed by atoms with Crippen molar-refractivity contribution in [1.29, 1.82) is 0 Å². The highest BCUT2D eigenvalue weighted by molar-refractivity contribution is 6.22. The molecule has 0 radical (unpaired) electrons. The molecular formula is C22H22N2O4. The third-order valence-corrected chi connectivity index (χ3v) is 5.29. The van der Waals surface area contributed by atoms with E-state index in [-0.39, 0.29) is 18.6 Å². The van der Waals surface area contributed by atoms with Gasteiger partial charge in [-0.3, -0.25) is 19.3 Å². The quantitative estimate of drug-likeness (QED) is 0.767. The van der Waals surface area contributed by atoms with Crippen LogP contribution in [0.3, 0.4) is 0 Å². The van der Waals surface area contributed by atoms with Crippen molar-refractivity contribution in [1.82, 2.24) is 9.80 Å². The molecule has 0 saturated carbocycles. The van der Waals surface area contributed by atoms with Gasteiger partial charge in [-0.25, -0.2) is 0 Å². The number of carbonyl (C=O) groups is 3. The molecule has 2 aromatic rings. The van der Waals surface area contributed by atoms with Crippen LogP contribution in [-0.4, -0.2) is 53.3 Å². The van der Waals surface area contributed by atoms with Gasteiger partial charge in [0.15, 0.2) is 0 Å². The molecule has 2 aliphatic rings. The number of fused-ring (bicyclic) bond motifs is 1. The topological polar surface area (TPSA) is 66.9 Å². The van der Waals surface area contributed by atoms with E-state index in [1.807, 2.05) is 31.2 Å². The predicted molar refractivity (Wildman–Crippen MR) is 103 cm³/mol. The van der Waals surface area contributed by atoms with Crippen molar-refractivity contribution in [3.8, 4) is 5.75 Å². The summed E-state index contributed by atoms with van der Waals surface area (Å²) in [6.45, 7) is 2.93. The van der Waals surface area contributed by atoms with Gasteiger partial charge < -0.3 is 9.64 Å². The van der Waals surface area contributed by atoms with Gasteiger partial charge in [0, 0.05) is 25.9 Å². The monoisotopic (exact) mass is 378 g/mol. The minimum absolute atomic E-state index is 0.0612. The molecule has 144 valence electrons. The Bertz CT molecular complexity index is 879. The first kappa shape index (κ1) is 18.2. The van der Waals surface area contributed by atoms with E-state index in [1.54, 1.807) is 29.2 Å². The summed E-state index contributed by atoms with van der Waals surface area (Å²) in [5, 5.41) is 0. The first-order valence-electron chi connectivity index (χ1n) is 9.49. The Morgan fingerprint density at radius 1 is 0.964 bits per heavy atom. The summed E-state index contributed by atoms with van der Waals surface area (Å²) in [4.78, 5) is 40.2. The standard InChI is InChI=1S/C22H22N2O4/c1-15-6-8-16(9-7-15)28-17-10-12-23(13-11-17)20(25)14-24-21(26)18-4-2-3-5-19(18)22(24)27/h2-9,17H,10-14H2,1H3. The molecule has 28 heavy (non-hydrogen) atoms. The summed E-state index contributed by atoms with van der Waals surface area (Å²) in [5.74, 6) is -0.164. The van der Waals surface area contributed by atoms with Crippen LogP contribution in [0.5, 0.6) is 5.75 Å². The lowest BCUT2D eigenvalue weighted by Crippen LogP contribution is -2.47. The summed E-state index contributed by atoms with van der Waals surface area (Å²) in [6.07, 6.45) is 1.51. The van der Waals surface area contributed by atoms with Gasteiger partial charge in [-0.05, 0) is 31.2 Å². The number of hydrogen-bond donors (Lipinski definition) is 0. The lowest BCUT2D eigenvalue weighted by atomic mass is 10.1. The molecule has 4 rings (SSSR count). The van der Waals surface area contributed by atoms with Crippen molar-refractivity contribution in [2.24, 2.45) is 0 Å². The van der Waals surface area contributed by atoms with Gasteiger partial charge in [0.25, 0.3) is 11.8 Å². The van der Waals surface area contributed by atoms with Crippen molar-refractivity contribution in [2.45, 2.75) is 25.9 Å². The number of nitrogens with zero attached hydrogens (tertiary/aromatic N) is 2. The maximum Gasteiger partial charge on any atom is 0.262 e. The predicted octanol–water partition coefficient (Wildman–Crippen LogP) is 2.66. The molecule has 0 N–H and O–H groups in total. The first-order valence-corrected chi connectivity index (χ1v) is 9.49. The van der Waals surface area contributed by atoms with Crippen LogP contribution in [0.1, 0.15) is 39.1 Å². The van der Waals surface area contributed by atoms with Crippen molar-refractivity contribution < 1.29 is 19.1 Å². The Kier molecular flexibility index (Phi) is 4.86. The van der Waals surface area contributed by atoms with E-state index in [2.05, 4.69) is 0 Å². The molecule has 0 atom stereocenters. The lowest BCUT2D eigenvalue weighted by molar-refractivity contribution is -0.133. The van der Waals surface area contributed by atoms with Gasteiger partial charge >= 0.3 is 0 Å². The minimum atomic E-state index is -0.397. The van der Waals surface area contributed by atoms with Crippen molar-refractivity contribution >= 4 is 17.7 Å². The van der Waals surface area contributed by atoms with E-state index < -0.39 is 11.8 Å². The molecule has 0 bridgehead atoms. The van der Waals surface area contributed by atoms with E-state index in [1.165, 1.54) is 5.56 Å². The highest BCUT2D eigenvalue weighted by atomic mass is 16.5. The van der Waals surface area contributed by atoms with Gasteiger partial charge in [0.2, 0.25) is 5.91 Å². The Hall–Kier alpha value is -3.15. The first-order chi connectivity index (χ1) is 13.5. The molecular weight excluding hydrogens is 356 g/mol. The zero-order chi connectivity index (χ0) is 19.7. The summed E-state index contributed by atoms with van der Waals surface area (Å²) in [5.41, 5.74) is 1.91. The van der Waals surface area contributed by atoms with E-state index in [0.29, 0.717) is 24.2 Å². The number of piperidine rings is 1. The zero-order valence-corrected chi connectivity index (χ0v) is 15.8. The van der Waals surface area contributed by atoms with Crippen molar-refractivity contribution in [2.75, 3.05) is 19.6 Å². The second-order valence-corrected chi connectivity index (χ2v) is 7.25. The number of hydrogen-bond acceptors (Lipinski definition) is 4. The second kappa shape index (κ2) is 7.46. The van der Waals surface area contributed by atoms with Gasteiger partial charge in [0.1, 0.15) is 18.4 Å². The maximum absolute atomic E-state index is 12.6. The molecule has 2 aliphatic heterocycles. The van der Waals surface area contributed by atoms with E-state index in [9.17, 15) is 14.4 Å². The van der Waals surface area contributed by atoms with Gasteiger partial charge in [-0.1, -0.05) is 29.8 Å². The third kappa shape index (κ3) is 3.50. The van der Waals surface area contributed by atoms with Crippen LogP contribution < -0.4 is 4.74 Å². The smallest absolute Gasteiger partial charge is 0.262 e. The highest BCUT2D eigenvalue weighted by Gasteiger charge is 2.37. The van der Waals surface area contributed by atoms with Crippen LogP contribution in [0.25, 0.3) is 0 Å².